The smallest absolute Gasteiger partial charge is 0.236 e. The quantitative estimate of drug-likeness (QED) is 0.597. The number of aromatic hydroxyl groups is 1. The highest BCUT2D eigenvalue weighted by Crippen LogP contribution is 2.16. The highest BCUT2D eigenvalue weighted by Gasteiger charge is 2.24. The van der Waals surface area contributed by atoms with Gasteiger partial charge in [-0.2, -0.15) is 0 Å². The van der Waals surface area contributed by atoms with Crippen molar-refractivity contribution in [1.82, 2.24) is 20.0 Å². The molecule has 1 aromatic carbocycles. The molecule has 0 unspecified atom stereocenters. The molecule has 0 bridgehead atoms. The van der Waals surface area contributed by atoms with Gasteiger partial charge >= 0.3 is 0 Å². The van der Waals surface area contributed by atoms with E-state index in [1.165, 1.54) is 18.6 Å². The number of aliphatic imine (C=N–C) groups is 1. The van der Waals surface area contributed by atoms with E-state index in [9.17, 15) is 14.3 Å². The fourth-order valence-electron chi connectivity index (χ4n) is 3.73. The predicted molar refractivity (Wildman–Crippen MR) is 107 cm³/mol. The fourth-order valence-corrected chi connectivity index (χ4v) is 3.73. The van der Waals surface area contributed by atoms with Crippen LogP contribution in [0.3, 0.4) is 0 Å². The first-order valence-electron chi connectivity index (χ1n) is 10.00. The number of phenols is 1. The zero-order chi connectivity index (χ0) is 19.9. The van der Waals surface area contributed by atoms with Gasteiger partial charge in [-0.25, -0.2) is 4.39 Å². The molecular weight excluding hydrogens is 361 g/mol. The second-order valence-corrected chi connectivity index (χ2v) is 7.39. The van der Waals surface area contributed by atoms with Gasteiger partial charge in [0.2, 0.25) is 5.91 Å². The summed E-state index contributed by atoms with van der Waals surface area (Å²) in [6.45, 7) is 5.92. The molecule has 28 heavy (non-hydrogen) atoms. The molecule has 2 saturated heterocycles. The van der Waals surface area contributed by atoms with Crippen LogP contribution in [0.2, 0.25) is 0 Å². The number of halogens is 1. The van der Waals surface area contributed by atoms with Gasteiger partial charge in [-0.15, -0.1) is 0 Å². The Morgan fingerprint density at radius 1 is 1.11 bits per heavy atom. The molecule has 0 aliphatic carbocycles. The van der Waals surface area contributed by atoms with Crippen LogP contribution in [-0.2, 0) is 11.3 Å². The van der Waals surface area contributed by atoms with E-state index in [4.69, 9.17) is 0 Å². The molecule has 8 heteroatoms. The average molecular weight is 391 g/mol. The number of carbonyl (C=O) groups excluding carboxylic acids is 1. The predicted octanol–water partition coefficient (Wildman–Crippen LogP) is 1.24. The van der Waals surface area contributed by atoms with Gasteiger partial charge in [0, 0.05) is 52.9 Å². The summed E-state index contributed by atoms with van der Waals surface area (Å²) in [4.78, 5) is 23.1. The number of benzene rings is 1. The molecule has 2 heterocycles. The molecule has 0 spiro atoms. The van der Waals surface area contributed by atoms with Crippen LogP contribution in [0.1, 0.15) is 24.8 Å². The molecule has 3 rings (SSSR count). The van der Waals surface area contributed by atoms with E-state index >= 15 is 0 Å². The van der Waals surface area contributed by atoms with Crippen molar-refractivity contribution in [3.8, 4) is 5.75 Å². The highest BCUT2D eigenvalue weighted by atomic mass is 19.1. The fraction of sp³-hybridized carbons (Fsp3) is 0.600. The van der Waals surface area contributed by atoms with Crippen LogP contribution in [0.15, 0.2) is 23.2 Å². The van der Waals surface area contributed by atoms with E-state index in [0.717, 1.165) is 63.6 Å². The Bertz CT molecular complexity index is 698. The number of piperidine rings is 1. The first-order valence-corrected chi connectivity index (χ1v) is 10.00. The molecule has 154 valence electrons. The molecule has 0 saturated carbocycles. The number of likely N-dealkylation sites (tertiary alicyclic amines) is 1. The average Bonchev–Trinajstić information content (AvgIpc) is 2.72. The first-order chi connectivity index (χ1) is 13.6. The van der Waals surface area contributed by atoms with E-state index in [0.29, 0.717) is 13.1 Å². The number of nitrogens with zero attached hydrogens (tertiary/aromatic N) is 4. The number of rotatable bonds is 4. The number of carbonyl (C=O) groups is 1. The zero-order valence-electron chi connectivity index (χ0n) is 16.5. The van der Waals surface area contributed by atoms with Crippen LogP contribution in [0, 0.1) is 5.82 Å². The van der Waals surface area contributed by atoms with E-state index in [1.54, 1.807) is 13.1 Å². The topological polar surface area (TPSA) is 71.4 Å². The maximum absolute atomic E-state index is 13.5. The van der Waals surface area contributed by atoms with E-state index in [-0.39, 0.29) is 11.7 Å². The molecule has 0 radical (unpaired) electrons. The van der Waals surface area contributed by atoms with Crippen LogP contribution in [-0.4, -0.2) is 84.5 Å². The summed E-state index contributed by atoms with van der Waals surface area (Å²) in [6, 6.07) is 4.36. The Morgan fingerprint density at radius 3 is 2.46 bits per heavy atom. The third-order valence-electron chi connectivity index (χ3n) is 5.41. The van der Waals surface area contributed by atoms with Gasteiger partial charge in [0.1, 0.15) is 0 Å². The summed E-state index contributed by atoms with van der Waals surface area (Å²) >= 11 is 0. The lowest BCUT2D eigenvalue weighted by atomic mass is 10.1. The molecule has 1 aromatic rings. The Hall–Kier alpha value is -2.35. The van der Waals surface area contributed by atoms with Crippen molar-refractivity contribution >= 4 is 11.9 Å². The molecule has 0 atom stereocenters. The molecule has 1 amide bonds. The van der Waals surface area contributed by atoms with Crippen molar-refractivity contribution in [2.45, 2.75) is 25.8 Å². The SMILES string of the molecule is CN=C(NCc1ccc(O)c(F)c1)N1CCN(CC(=O)N2CCCCC2)CC1. The normalized spacial score (nSPS) is 19.0. The van der Waals surface area contributed by atoms with Crippen molar-refractivity contribution < 1.29 is 14.3 Å². The molecular formula is C20H30FN5O2. The summed E-state index contributed by atoms with van der Waals surface area (Å²) < 4.78 is 13.5. The number of hydrogen-bond acceptors (Lipinski definition) is 4. The Kier molecular flexibility index (Phi) is 7.08. The summed E-state index contributed by atoms with van der Waals surface area (Å²) in [5.41, 5.74) is 0.738. The van der Waals surface area contributed by atoms with E-state index in [2.05, 4.69) is 20.1 Å². The number of guanidine groups is 1. The van der Waals surface area contributed by atoms with Crippen LogP contribution in [0.5, 0.6) is 5.75 Å². The van der Waals surface area contributed by atoms with E-state index < -0.39 is 5.82 Å². The number of nitrogens with one attached hydrogen (secondary N) is 1. The third kappa shape index (κ3) is 5.34. The summed E-state index contributed by atoms with van der Waals surface area (Å²) in [7, 11) is 1.73. The number of piperazine rings is 1. The lowest BCUT2D eigenvalue weighted by Gasteiger charge is -2.37. The lowest BCUT2D eigenvalue weighted by Crippen LogP contribution is -2.54. The van der Waals surface area contributed by atoms with Crippen LogP contribution in [0.25, 0.3) is 0 Å². The lowest BCUT2D eigenvalue weighted by molar-refractivity contribution is -0.133. The molecule has 2 aliphatic heterocycles. The summed E-state index contributed by atoms with van der Waals surface area (Å²) in [6.07, 6.45) is 3.46. The maximum Gasteiger partial charge on any atom is 0.236 e. The standard InChI is InChI=1S/C20H30FN5O2/c1-22-20(23-14-16-5-6-18(27)17(21)13-16)26-11-9-24(10-12-26)15-19(28)25-7-3-2-4-8-25/h5-6,13,27H,2-4,7-12,14-15H2,1H3,(H,22,23). The Balaban J connectivity index is 1.44. The zero-order valence-corrected chi connectivity index (χ0v) is 16.5. The maximum atomic E-state index is 13.5. The minimum atomic E-state index is -0.624. The second kappa shape index (κ2) is 9.73. The van der Waals surface area contributed by atoms with Gasteiger partial charge in [0.05, 0.1) is 6.54 Å². The molecule has 2 fully saturated rings. The van der Waals surface area contributed by atoms with Crippen LogP contribution in [0.4, 0.5) is 4.39 Å². The van der Waals surface area contributed by atoms with Crippen molar-refractivity contribution in [1.29, 1.82) is 0 Å². The van der Waals surface area contributed by atoms with E-state index in [1.807, 2.05) is 4.90 Å². The summed E-state index contributed by atoms with van der Waals surface area (Å²) in [5.74, 6) is 0.0325. The third-order valence-corrected chi connectivity index (χ3v) is 5.41. The highest BCUT2D eigenvalue weighted by molar-refractivity contribution is 5.80. The molecule has 7 nitrogen and oxygen atoms in total. The van der Waals surface area contributed by atoms with Gasteiger partial charge < -0.3 is 20.2 Å². The van der Waals surface area contributed by atoms with Crippen LogP contribution < -0.4 is 5.32 Å². The molecule has 2 aliphatic rings. The van der Waals surface area contributed by atoms with Gasteiger partial charge in [-0.1, -0.05) is 6.07 Å². The van der Waals surface area contributed by atoms with Gasteiger partial charge in [0.15, 0.2) is 17.5 Å². The molecule has 0 aromatic heterocycles. The number of hydrogen-bond donors (Lipinski definition) is 2. The van der Waals surface area contributed by atoms with Crippen molar-refractivity contribution in [2.24, 2.45) is 4.99 Å². The van der Waals surface area contributed by atoms with Gasteiger partial charge in [-0.05, 0) is 37.0 Å². The van der Waals surface area contributed by atoms with Crippen LogP contribution >= 0.6 is 0 Å². The van der Waals surface area contributed by atoms with Gasteiger partial charge in [0.25, 0.3) is 0 Å². The molecule has 2 N–H and O–H groups in total. The van der Waals surface area contributed by atoms with Crippen molar-refractivity contribution in [3.63, 3.8) is 0 Å². The Labute approximate surface area is 165 Å². The largest absolute Gasteiger partial charge is 0.505 e. The second-order valence-electron chi connectivity index (χ2n) is 7.39. The number of amides is 1. The van der Waals surface area contributed by atoms with Crippen molar-refractivity contribution in [2.75, 3.05) is 52.9 Å². The summed E-state index contributed by atoms with van der Waals surface area (Å²) in [5, 5.41) is 12.5. The minimum absolute atomic E-state index is 0.241. The first kappa shape index (κ1) is 20.4. The Morgan fingerprint density at radius 2 is 1.82 bits per heavy atom. The minimum Gasteiger partial charge on any atom is -0.505 e. The van der Waals surface area contributed by atoms with Crippen molar-refractivity contribution in [3.05, 3.63) is 29.6 Å². The monoisotopic (exact) mass is 391 g/mol. The number of phenolic OH excluding ortho intramolecular Hbond substituents is 1. The van der Waals surface area contributed by atoms with Gasteiger partial charge in [-0.3, -0.25) is 14.7 Å².